The fourth-order valence-electron chi connectivity index (χ4n) is 7.41. The molecule has 0 atom stereocenters. The molecule has 11 rings (SSSR count). The van der Waals surface area contributed by atoms with Crippen molar-refractivity contribution in [2.75, 3.05) is 0 Å². The van der Waals surface area contributed by atoms with Crippen LogP contribution in [0.15, 0.2) is 185 Å². The molecule has 4 aromatic heterocycles. The van der Waals surface area contributed by atoms with Crippen molar-refractivity contribution in [1.82, 2.24) is 24.9 Å². The van der Waals surface area contributed by atoms with Crippen LogP contribution >= 0.6 is 0 Å². The molecule has 262 valence electrons. The number of fused-ring (bicyclic) bond motifs is 6. The highest BCUT2D eigenvalue weighted by Gasteiger charge is 2.20. The topological polar surface area (TPSA) is 90.7 Å². The first-order chi connectivity index (χ1) is 27.7. The standard InChI is InChI=1S/C49H29N5O2/c1-4-13-32(14-5-1)46-50-42(45-43(51-46)38-19-10-11-22-40(38)56-45)31-25-23-30(24-26-31)36-20-12-21-37-39-29-35(27-28-41(39)55-44(36)37)49-53-47(33-15-6-2-7-16-33)52-48(54-49)34-17-8-3-9-18-34/h1-29H. The summed E-state index contributed by atoms with van der Waals surface area (Å²) in [5.74, 6) is 2.49. The van der Waals surface area contributed by atoms with E-state index in [4.69, 9.17) is 33.8 Å². The van der Waals surface area contributed by atoms with Crippen molar-refractivity contribution in [2.45, 2.75) is 0 Å². The maximum atomic E-state index is 6.60. The molecular weight excluding hydrogens is 691 g/mol. The van der Waals surface area contributed by atoms with Gasteiger partial charge >= 0.3 is 0 Å². The number of rotatable bonds is 6. The second-order valence-corrected chi connectivity index (χ2v) is 13.6. The Labute approximate surface area is 320 Å². The number of nitrogens with zero attached hydrogens (tertiary/aromatic N) is 5. The van der Waals surface area contributed by atoms with Gasteiger partial charge in [0, 0.05) is 49.5 Å². The van der Waals surface area contributed by atoms with Crippen LogP contribution in [0.2, 0.25) is 0 Å². The molecule has 0 fully saturated rings. The zero-order valence-electron chi connectivity index (χ0n) is 29.8. The van der Waals surface area contributed by atoms with Crippen molar-refractivity contribution in [3.8, 4) is 67.9 Å². The predicted molar refractivity (Wildman–Crippen MR) is 223 cm³/mol. The molecular formula is C49H29N5O2. The Hall–Kier alpha value is -7.77. The van der Waals surface area contributed by atoms with Crippen LogP contribution in [0, 0.1) is 0 Å². The number of hydrogen-bond donors (Lipinski definition) is 0. The number of benzene rings is 7. The van der Waals surface area contributed by atoms with Gasteiger partial charge in [-0.25, -0.2) is 24.9 Å². The molecule has 0 N–H and O–H groups in total. The smallest absolute Gasteiger partial charge is 0.180 e. The summed E-state index contributed by atoms with van der Waals surface area (Å²) in [5, 5.41) is 2.96. The quantitative estimate of drug-likeness (QED) is 0.169. The van der Waals surface area contributed by atoms with Gasteiger partial charge in [-0.3, -0.25) is 0 Å². The van der Waals surface area contributed by atoms with E-state index >= 15 is 0 Å². The molecule has 0 radical (unpaired) electrons. The van der Waals surface area contributed by atoms with Crippen LogP contribution < -0.4 is 0 Å². The molecule has 0 bridgehead atoms. The molecule has 0 aliphatic carbocycles. The number of aromatic nitrogens is 5. The lowest BCUT2D eigenvalue weighted by Gasteiger charge is -2.08. The number of para-hydroxylation sites is 2. The lowest BCUT2D eigenvalue weighted by molar-refractivity contribution is 0.667. The zero-order valence-corrected chi connectivity index (χ0v) is 29.8. The van der Waals surface area contributed by atoms with Crippen molar-refractivity contribution in [3.05, 3.63) is 176 Å². The first kappa shape index (κ1) is 31.7. The van der Waals surface area contributed by atoms with Gasteiger partial charge in [0.05, 0.1) is 0 Å². The Morgan fingerprint density at radius 1 is 0.304 bits per heavy atom. The maximum absolute atomic E-state index is 6.60. The van der Waals surface area contributed by atoms with Crippen LogP contribution in [0.25, 0.3) is 112 Å². The van der Waals surface area contributed by atoms with Gasteiger partial charge < -0.3 is 8.83 Å². The summed E-state index contributed by atoms with van der Waals surface area (Å²) in [4.78, 5) is 24.8. The highest BCUT2D eigenvalue weighted by atomic mass is 16.3. The fourth-order valence-corrected chi connectivity index (χ4v) is 7.41. The summed E-state index contributed by atoms with van der Waals surface area (Å²) in [6.45, 7) is 0. The van der Waals surface area contributed by atoms with E-state index in [0.717, 1.165) is 83.1 Å². The largest absolute Gasteiger partial charge is 0.455 e. The van der Waals surface area contributed by atoms with E-state index < -0.39 is 0 Å². The van der Waals surface area contributed by atoms with Crippen LogP contribution in [-0.2, 0) is 0 Å². The van der Waals surface area contributed by atoms with E-state index in [9.17, 15) is 0 Å². The molecule has 7 nitrogen and oxygen atoms in total. The van der Waals surface area contributed by atoms with E-state index in [1.807, 2.05) is 127 Å². The molecule has 11 aromatic rings. The van der Waals surface area contributed by atoms with Crippen LogP contribution in [0.4, 0.5) is 0 Å². The molecule has 0 aliphatic heterocycles. The fraction of sp³-hybridized carbons (Fsp3) is 0. The Kier molecular flexibility index (Phi) is 7.35. The van der Waals surface area contributed by atoms with E-state index in [1.165, 1.54) is 0 Å². The third-order valence-corrected chi connectivity index (χ3v) is 10.2. The van der Waals surface area contributed by atoms with Crippen molar-refractivity contribution in [3.63, 3.8) is 0 Å². The van der Waals surface area contributed by atoms with Crippen LogP contribution in [0.5, 0.6) is 0 Å². The molecule has 4 heterocycles. The summed E-state index contributed by atoms with van der Waals surface area (Å²) in [5.41, 5.74) is 11.2. The Bertz CT molecular complexity index is 3170. The molecule has 0 unspecified atom stereocenters. The van der Waals surface area contributed by atoms with Gasteiger partial charge in [0.25, 0.3) is 0 Å². The minimum atomic E-state index is 0.597. The Balaban J connectivity index is 1.00. The average molecular weight is 720 g/mol. The van der Waals surface area contributed by atoms with Gasteiger partial charge in [-0.05, 0) is 35.9 Å². The van der Waals surface area contributed by atoms with Crippen LogP contribution in [-0.4, -0.2) is 24.9 Å². The van der Waals surface area contributed by atoms with E-state index in [2.05, 4.69) is 48.5 Å². The van der Waals surface area contributed by atoms with Crippen molar-refractivity contribution < 1.29 is 8.83 Å². The van der Waals surface area contributed by atoms with Gasteiger partial charge in [-0.2, -0.15) is 0 Å². The summed E-state index contributed by atoms with van der Waals surface area (Å²) in [7, 11) is 0. The van der Waals surface area contributed by atoms with Crippen molar-refractivity contribution >= 4 is 44.0 Å². The van der Waals surface area contributed by atoms with E-state index in [0.29, 0.717) is 28.9 Å². The number of hydrogen-bond acceptors (Lipinski definition) is 7. The van der Waals surface area contributed by atoms with Crippen molar-refractivity contribution in [1.29, 1.82) is 0 Å². The summed E-state index contributed by atoms with van der Waals surface area (Å²) >= 11 is 0. The van der Waals surface area contributed by atoms with Gasteiger partial charge in [-0.15, -0.1) is 0 Å². The second kappa shape index (κ2) is 13.0. The van der Waals surface area contributed by atoms with Crippen molar-refractivity contribution in [2.24, 2.45) is 0 Å². The average Bonchev–Trinajstić information content (AvgIpc) is 3.85. The van der Waals surface area contributed by atoms with Crippen LogP contribution in [0.1, 0.15) is 0 Å². The SMILES string of the molecule is c1ccc(-c2nc(-c3ccccc3)nc(-c3ccc4oc5c(-c6ccc(-c7nc(-c8ccccc8)nc8c7oc7ccccc78)cc6)cccc5c4c3)n2)cc1. The molecule has 7 aromatic carbocycles. The van der Waals surface area contributed by atoms with E-state index in [1.54, 1.807) is 0 Å². The second-order valence-electron chi connectivity index (χ2n) is 13.6. The lowest BCUT2D eigenvalue weighted by atomic mass is 9.99. The number of furan rings is 2. The third kappa shape index (κ3) is 5.41. The Morgan fingerprint density at radius 3 is 1.46 bits per heavy atom. The van der Waals surface area contributed by atoms with Gasteiger partial charge in [0.15, 0.2) is 28.9 Å². The van der Waals surface area contributed by atoms with Gasteiger partial charge in [0.1, 0.15) is 28.0 Å². The predicted octanol–water partition coefficient (Wildman–Crippen LogP) is 12.5. The van der Waals surface area contributed by atoms with Gasteiger partial charge in [0.2, 0.25) is 0 Å². The monoisotopic (exact) mass is 719 g/mol. The summed E-state index contributed by atoms with van der Waals surface area (Å²) < 4.78 is 13.0. The molecule has 56 heavy (non-hydrogen) atoms. The minimum absolute atomic E-state index is 0.597. The molecule has 7 heteroatoms. The zero-order chi connectivity index (χ0) is 37.0. The maximum Gasteiger partial charge on any atom is 0.180 e. The normalized spacial score (nSPS) is 11.6. The summed E-state index contributed by atoms with van der Waals surface area (Å²) in [6.07, 6.45) is 0. The molecule has 0 saturated carbocycles. The summed E-state index contributed by atoms with van der Waals surface area (Å²) in [6, 6.07) is 58.9. The lowest BCUT2D eigenvalue weighted by Crippen LogP contribution is -2.00. The molecule has 0 saturated heterocycles. The van der Waals surface area contributed by atoms with E-state index in [-0.39, 0.29) is 0 Å². The molecule has 0 aliphatic rings. The third-order valence-electron chi connectivity index (χ3n) is 10.2. The first-order valence-corrected chi connectivity index (χ1v) is 18.4. The molecule has 0 spiro atoms. The first-order valence-electron chi connectivity index (χ1n) is 18.4. The highest BCUT2D eigenvalue weighted by Crippen LogP contribution is 2.40. The Morgan fingerprint density at radius 2 is 0.804 bits per heavy atom. The van der Waals surface area contributed by atoms with Gasteiger partial charge in [-0.1, -0.05) is 146 Å². The molecule has 0 amide bonds. The minimum Gasteiger partial charge on any atom is -0.455 e. The van der Waals surface area contributed by atoms with Crippen LogP contribution in [0.3, 0.4) is 0 Å². The highest BCUT2D eigenvalue weighted by molar-refractivity contribution is 6.11.